The van der Waals surface area contributed by atoms with Crippen LogP contribution in [-0.4, -0.2) is 16.4 Å². The average Bonchev–Trinajstić information content (AvgIpc) is 2.42. The Kier molecular flexibility index (Phi) is 5.42. The predicted octanol–water partition coefficient (Wildman–Crippen LogP) is 3.77. The molecule has 0 spiro atoms. The lowest BCUT2D eigenvalue weighted by Gasteiger charge is -2.37. The standard InChI is InChI=1S/C14H16BrIN2OS/c15-11-5-4-9(16)8-10(11)12(19)18-14(13(17)20)6-2-1-3-7-14/h4-5,8H,1-3,6-7H2,(H2,17,20)(H,18,19). The Balaban J connectivity index is 2.24. The van der Waals surface area contributed by atoms with Gasteiger partial charge in [0.25, 0.3) is 5.91 Å². The number of nitrogens with two attached hydrogens (primary N) is 1. The van der Waals surface area contributed by atoms with Gasteiger partial charge in [0.2, 0.25) is 0 Å². The molecule has 0 atom stereocenters. The minimum atomic E-state index is -0.522. The van der Waals surface area contributed by atoms with Gasteiger partial charge in [-0.1, -0.05) is 31.5 Å². The molecule has 108 valence electrons. The smallest absolute Gasteiger partial charge is 0.253 e. The lowest BCUT2D eigenvalue weighted by molar-refractivity contribution is 0.0907. The third-order valence-corrected chi connectivity index (χ3v) is 5.46. The third kappa shape index (κ3) is 3.51. The number of halogens is 2. The quantitative estimate of drug-likeness (QED) is 0.526. The molecule has 3 nitrogen and oxygen atoms in total. The Hall–Kier alpha value is -0.210. The van der Waals surface area contributed by atoms with Crippen molar-refractivity contribution in [1.82, 2.24) is 5.32 Å². The number of hydrogen-bond donors (Lipinski definition) is 2. The molecule has 0 heterocycles. The van der Waals surface area contributed by atoms with Gasteiger partial charge < -0.3 is 11.1 Å². The van der Waals surface area contributed by atoms with Gasteiger partial charge in [-0.05, 0) is 69.6 Å². The molecular formula is C14H16BrIN2OS. The zero-order valence-electron chi connectivity index (χ0n) is 10.9. The average molecular weight is 467 g/mol. The van der Waals surface area contributed by atoms with Gasteiger partial charge in [-0.3, -0.25) is 4.79 Å². The summed E-state index contributed by atoms with van der Waals surface area (Å²) in [6.07, 6.45) is 4.93. The number of rotatable bonds is 3. The molecule has 0 aliphatic heterocycles. The normalized spacial score (nSPS) is 17.5. The van der Waals surface area contributed by atoms with Crippen LogP contribution in [-0.2, 0) is 0 Å². The molecular weight excluding hydrogens is 451 g/mol. The van der Waals surface area contributed by atoms with E-state index in [4.69, 9.17) is 18.0 Å². The summed E-state index contributed by atoms with van der Waals surface area (Å²) in [7, 11) is 0. The van der Waals surface area contributed by atoms with E-state index in [0.29, 0.717) is 10.6 Å². The fourth-order valence-electron chi connectivity index (χ4n) is 2.54. The molecule has 1 aliphatic rings. The molecule has 3 N–H and O–H groups in total. The summed E-state index contributed by atoms with van der Waals surface area (Å²) in [4.78, 5) is 12.9. The highest BCUT2D eigenvalue weighted by Crippen LogP contribution is 2.29. The van der Waals surface area contributed by atoms with Crippen molar-refractivity contribution in [2.45, 2.75) is 37.6 Å². The van der Waals surface area contributed by atoms with E-state index in [1.54, 1.807) is 0 Å². The first-order chi connectivity index (χ1) is 9.44. The van der Waals surface area contributed by atoms with Gasteiger partial charge >= 0.3 is 0 Å². The van der Waals surface area contributed by atoms with Crippen molar-refractivity contribution in [3.8, 4) is 0 Å². The molecule has 1 saturated carbocycles. The highest BCUT2D eigenvalue weighted by atomic mass is 127. The Morgan fingerprint density at radius 2 is 2.00 bits per heavy atom. The molecule has 1 fully saturated rings. The van der Waals surface area contributed by atoms with Crippen LogP contribution in [0.25, 0.3) is 0 Å². The zero-order chi connectivity index (χ0) is 14.8. The summed E-state index contributed by atoms with van der Waals surface area (Å²) in [5, 5.41) is 3.08. The highest BCUT2D eigenvalue weighted by molar-refractivity contribution is 14.1. The number of hydrogen-bond acceptors (Lipinski definition) is 2. The lowest BCUT2D eigenvalue weighted by atomic mass is 9.81. The summed E-state index contributed by atoms with van der Waals surface area (Å²) in [6.45, 7) is 0. The molecule has 1 amide bonds. The van der Waals surface area contributed by atoms with Crippen LogP contribution in [0.15, 0.2) is 22.7 Å². The molecule has 0 saturated heterocycles. The van der Waals surface area contributed by atoms with Gasteiger partial charge in [-0.2, -0.15) is 0 Å². The van der Waals surface area contributed by atoms with Crippen LogP contribution in [0.2, 0.25) is 0 Å². The van der Waals surface area contributed by atoms with Crippen molar-refractivity contribution in [3.63, 3.8) is 0 Å². The first-order valence-corrected chi connectivity index (χ1v) is 8.80. The van der Waals surface area contributed by atoms with Crippen LogP contribution in [0, 0.1) is 3.57 Å². The van der Waals surface area contributed by atoms with Crippen LogP contribution >= 0.6 is 50.7 Å². The predicted molar refractivity (Wildman–Crippen MR) is 96.9 cm³/mol. The summed E-state index contributed by atoms with van der Waals surface area (Å²) < 4.78 is 1.80. The summed E-state index contributed by atoms with van der Waals surface area (Å²) in [5.74, 6) is -0.120. The van der Waals surface area contributed by atoms with Crippen LogP contribution < -0.4 is 11.1 Å². The molecule has 1 aromatic rings. The maximum Gasteiger partial charge on any atom is 0.253 e. The molecule has 1 aromatic carbocycles. The van der Waals surface area contributed by atoms with Crippen molar-refractivity contribution < 1.29 is 4.79 Å². The Morgan fingerprint density at radius 1 is 1.35 bits per heavy atom. The molecule has 0 aromatic heterocycles. The zero-order valence-corrected chi connectivity index (χ0v) is 15.5. The molecule has 2 rings (SSSR count). The monoisotopic (exact) mass is 466 g/mol. The van der Waals surface area contributed by atoms with Crippen molar-refractivity contribution in [2.24, 2.45) is 5.73 Å². The summed E-state index contributed by atoms with van der Waals surface area (Å²) in [5.41, 5.74) is 6.00. The van der Waals surface area contributed by atoms with Crippen LogP contribution in [0.4, 0.5) is 0 Å². The molecule has 0 unspecified atom stereocenters. The van der Waals surface area contributed by atoms with E-state index < -0.39 is 5.54 Å². The second kappa shape index (κ2) is 6.70. The number of carbonyl (C=O) groups is 1. The lowest BCUT2D eigenvalue weighted by Crippen LogP contribution is -2.57. The minimum absolute atomic E-state index is 0.120. The maximum absolute atomic E-state index is 12.5. The number of carbonyl (C=O) groups excluding carboxylic acids is 1. The second-order valence-electron chi connectivity index (χ2n) is 5.09. The van der Waals surface area contributed by atoms with Crippen LogP contribution in [0.5, 0.6) is 0 Å². The van der Waals surface area contributed by atoms with Crippen molar-refractivity contribution >= 4 is 61.6 Å². The van der Waals surface area contributed by atoms with Gasteiger partial charge in [0.15, 0.2) is 0 Å². The Morgan fingerprint density at radius 3 is 2.60 bits per heavy atom. The number of thiocarbonyl (C=S) groups is 1. The van der Waals surface area contributed by atoms with E-state index in [1.165, 1.54) is 6.42 Å². The van der Waals surface area contributed by atoms with Gasteiger partial charge in [-0.15, -0.1) is 0 Å². The molecule has 20 heavy (non-hydrogen) atoms. The van der Waals surface area contributed by atoms with E-state index in [0.717, 1.165) is 33.7 Å². The summed E-state index contributed by atoms with van der Waals surface area (Å²) >= 11 is 10.8. The molecule has 1 aliphatic carbocycles. The van der Waals surface area contributed by atoms with E-state index in [1.807, 2.05) is 18.2 Å². The van der Waals surface area contributed by atoms with E-state index in [-0.39, 0.29) is 5.91 Å². The Labute approximate surface area is 146 Å². The number of benzene rings is 1. The second-order valence-corrected chi connectivity index (χ2v) is 7.63. The van der Waals surface area contributed by atoms with Crippen LogP contribution in [0.3, 0.4) is 0 Å². The van der Waals surface area contributed by atoms with E-state index >= 15 is 0 Å². The maximum atomic E-state index is 12.5. The topological polar surface area (TPSA) is 55.1 Å². The largest absolute Gasteiger partial charge is 0.391 e. The number of nitrogens with one attached hydrogen (secondary N) is 1. The first-order valence-electron chi connectivity index (χ1n) is 6.52. The minimum Gasteiger partial charge on any atom is -0.391 e. The van der Waals surface area contributed by atoms with Gasteiger partial charge in [0, 0.05) is 8.04 Å². The molecule has 0 bridgehead atoms. The molecule has 6 heteroatoms. The SMILES string of the molecule is NC(=S)C1(NC(=O)c2cc(I)ccc2Br)CCCCC1. The van der Waals surface area contributed by atoms with Crippen molar-refractivity contribution in [3.05, 3.63) is 31.8 Å². The van der Waals surface area contributed by atoms with Crippen molar-refractivity contribution in [1.29, 1.82) is 0 Å². The van der Waals surface area contributed by atoms with Gasteiger partial charge in [-0.25, -0.2) is 0 Å². The fraction of sp³-hybridized carbons (Fsp3) is 0.429. The number of amides is 1. The Bertz CT molecular complexity index is 544. The van der Waals surface area contributed by atoms with E-state index in [9.17, 15) is 4.79 Å². The van der Waals surface area contributed by atoms with Gasteiger partial charge in [0.1, 0.15) is 0 Å². The van der Waals surface area contributed by atoms with Gasteiger partial charge in [0.05, 0.1) is 16.1 Å². The summed E-state index contributed by atoms with van der Waals surface area (Å²) in [6, 6.07) is 5.69. The fourth-order valence-corrected chi connectivity index (χ4v) is 3.72. The van der Waals surface area contributed by atoms with E-state index in [2.05, 4.69) is 43.8 Å². The third-order valence-electron chi connectivity index (χ3n) is 3.70. The van der Waals surface area contributed by atoms with Crippen molar-refractivity contribution in [2.75, 3.05) is 0 Å². The van der Waals surface area contributed by atoms with Crippen LogP contribution in [0.1, 0.15) is 42.5 Å². The first kappa shape index (κ1) is 16.2. The molecule has 0 radical (unpaired) electrons. The highest BCUT2D eigenvalue weighted by Gasteiger charge is 2.36.